The van der Waals surface area contributed by atoms with Gasteiger partial charge in [0.05, 0.1) is 0 Å². The Kier molecular flexibility index (Phi) is 9.88. The third-order valence-corrected chi connectivity index (χ3v) is 22.6. The summed E-state index contributed by atoms with van der Waals surface area (Å²) in [6, 6.07) is 44.5. The predicted octanol–water partition coefficient (Wildman–Crippen LogP) is 7.81. The van der Waals surface area contributed by atoms with Crippen molar-refractivity contribution in [2.75, 3.05) is 0 Å². The van der Waals surface area contributed by atoms with Crippen molar-refractivity contribution in [3.8, 4) is 11.1 Å². The van der Waals surface area contributed by atoms with Crippen LogP contribution in [0.2, 0.25) is 0 Å². The second-order valence-corrected chi connectivity index (χ2v) is 21.1. The largest absolute Gasteiger partial charge is 0.0622 e. The Morgan fingerprint density at radius 1 is 0.600 bits per heavy atom. The quantitative estimate of drug-likeness (QED) is 0.221. The average molecular weight is 577 g/mol. The fourth-order valence-corrected chi connectivity index (χ4v) is 22.1. The van der Waals surface area contributed by atoms with E-state index >= 15 is 0 Å². The Balaban J connectivity index is 0.000000223. The van der Waals surface area contributed by atoms with Gasteiger partial charge in [-0.05, 0) is 11.1 Å². The molecule has 0 spiro atoms. The molecule has 0 saturated heterocycles. The zero-order chi connectivity index (χ0) is 27.9. The molecule has 4 aromatic rings. The number of benzene rings is 4. The van der Waals surface area contributed by atoms with Crippen molar-refractivity contribution < 1.29 is 17.4 Å². The van der Waals surface area contributed by atoms with Crippen LogP contribution in [0.1, 0.15) is 47.0 Å². The van der Waals surface area contributed by atoms with Crippen LogP contribution in [0.4, 0.5) is 0 Å². The van der Waals surface area contributed by atoms with E-state index < -0.39 is 24.0 Å². The Bertz CT molecular complexity index is 1350. The van der Waals surface area contributed by atoms with Crippen molar-refractivity contribution in [2.24, 2.45) is 5.92 Å². The van der Waals surface area contributed by atoms with Crippen molar-refractivity contribution in [2.45, 2.75) is 53.0 Å². The molecule has 1 saturated carbocycles. The molecule has 1 atom stereocenters. The molecule has 1 nitrogen and oxygen atoms in total. The first kappa shape index (κ1) is 28.8. The Morgan fingerprint density at radius 2 is 1.02 bits per heavy atom. The summed E-state index contributed by atoms with van der Waals surface area (Å²) in [7, 11) is 0. The number of hydrogen-bond acceptors (Lipinski definition) is 1. The molecule has 4 aromatic carbocycles. The molecule has 1 N–H and O–H groups in total. The Labute approximate surface area is 249 Å². The molecule has 0 heterocycles. The van der Waals surface area contributed by atoms with E-state index in [1.54, 1.807) is 27.1 Å². The topological polar surface area (TPSA) is 12.0 Å². The molecule has 1 unspecified atom stereocenters. The molecule has 0 amide bonds. The first-order valence-corrected chi connectivity index (χ1v) is 20.8. The average Bonchev–Trinajstić information content (AvgIpc) is 3.18. The number of hydrogen-bond donors (Lipinski definition) is 1. The van der Waals surface area contributed by atoms with Crippen molar-refractivity contribution in [3.05, 3.63) is 142 Å². The van der Waals surface area contributed by atoms with Gasteiger partial charge in [0.15, 0.2) is 0 Å². The van der Waals surface area contributed by atoms with Crippen LogP contribution in [0.25, 0.3) is 11.1 Å². The minimum atomic E-state index is -1.71. The standard InChI is InChI=1S/C12H11Si.C12H10.C9H13.C4H8N.Ti/c1-3-7-11(8-4-1)13-12-9-5-2-6-10-12;1-3-7-11(8-4-1)12-9-5-2-6-10-12;1-6-5-7(2)9(4)8(6)3;5-4-2-1-3-4;/h1-10,13H;1-10H;6H,1-4H3;4-5H,1-3H2;/q;;;-1;+1. The Hall–Kier alpha value is -2.75. The fourth-order valence-electron chi connectivity index (χ4n) is 5.97. The van der Waals surface area contributed by atoms with Crippen LogP contribution in [-0.2, 0) is 17.4 Å². The second-order valence-electron chi connectivity index (χ2n) is 11.2. The second kappa shape index (κ2) is 13.7. The molecule has 203 valence electrons. The van der Waals surface area contributed by atoms with Gasteiger partial charge in [-0.25, -0.2) is 0 Å². The van der Waals surface area contributed by atoms with Crippen molar-refractivity contribution in [1.82, 2.24) is 3.80 Å². The molecule has 0 radical (unpaired) electrons. The molecule has 0 bridgehead atoms. The zero-order valence-electron chi connectivity index (χ0n) is 24.4. The number of allylic oxidation sites excluding steroid dienone is 4. The van der Waals surface area contributed by atoms with Gasteiger partial charge in [-0.1, -0.05) is 60.7 Å². The SMILES string of the molecule is CC1=C(C)C(C)[C]([Ti]([NH]C2CCC2)[SiH](c2ccccc2)c2ccccc2)=C1C.c1ccc(-c2ccccc2)cc1. The summed E-state index contributed by atoms with van der Waals surface area (Å²) < 4.78 is 6.16. The molecular formula is C37H42NSiTi. The van der Waals surface area contributed by atoms with E-state index in [-0.39, 0.29) is 0 Å². The van der Waals surface area contributed by atoms with E-state index in [0.717, 1.165) is 6.04 Å². The van der Waals surface area contributed by atoms with Gasteiger partial charge in [0.1, 0.15) is 0 Å². The van der Waals surface area contributed by atoms with Crippen LogP contribution in [0, 0.1) is 5.92 Å². The summed E-state index contributed by atoms with van der Waals surface area (Å²) in [5, 5.41) is 3.23. The molecular weight excluding hydrogens is 534 g/mol. The van der Waals surface area contributed by atoms with Crippen LogP contribution in [0.15, 0.2) is 142 Å². The molecule has 40 heavy (non-hydrogen) atoms. The van der Waals surface area contributed by atoms with E-state index in [2.05, 4.69) is 141 Å². The number of nitrogens with one attached hydrogen (secondary N) is 1. The molecule has 2 aliphatic carbocycles. The minimum absolute atomic E-state index is 0.616. The van der Waals surface area contributed by atoms with Crippen LogP contribution >= 0.6 is 0 Å². The van der Waals surface area contributed by atoms with Crippen LogP contribution in [-0.4, -0.2) is 12.7 Å². The van der Waals surface area contributed by atoms with E-state index in [1.807, 2.05) is 16.0 Å². The maximum absolute atomic E-state index is 4.34. The molecule has 3 heteroatoms. The molecule has 2 aliphatic rings. The smallest absolute Gasteiger partial charge is 0.0184 e. The van der Waals surface area contributed by atoms with E-state index in [0.29, 0.717) is 5.92 Å². The van der Waals surface area contributed by atoms with E-state index in [4.69, 9.17) is 0 Å². The zero-order valence-corrected chi connectivity index (χ0v) is 27.1. The summed E-state index contributed by atoms with van der Waals surface area (Å²) >= 11 is -1.71. The summed E-state index contributed by atoms with van der Waals surface area (Å²) in [4.78, 5) is 0. The van der Waals surface area contributed by atoms with Crippen molar-refractivity contribution in [1.29, 1.82) is 0 Å². The van der Waals surface area contributed by atoms with Crippen molar-refractivity contribution in [3.63, 3.8) is 0 Å². The van der Waals surface area contributed by atoms with Gasteiger partial charge in [0.2, 0.25) is 0 Å². The van der Waals surface area contributed by atoms with Gasteiger partial charge in [-0.15, -0.1) is 0 Å². The van der Waals surface area contributed by atoms with Gasteiger partial charge >= 0.3 is 178 Å². The Morgan fingerprint density at radius 3 is 1.38 bits per heavy atom. The van der Waals surface area contributed by atoms with Gasteiger partial charge < -0.3 is 0 Å². The summed E-state index contributed by atoms with van der Waals surface area (Å²) in [5.74, 6) is 0.616. The molecule has 1 fully saturated rings. The van der Waals surface area contributed by atoms with Gasteiger partial charge in [-0.3, -0.25) is 0 Å². The summed E-state index contributed by atoms with van der Waals surface area (Å²) in [5.41, 5.74) is 7.31. The third-order valence-electron chi connectivity index (χ3n) is 8.83. The van der Waals surface area contributed by atoms with E-state index in [9.17, 15) is 0 Å². The molecule has 6 rings (SSSR count). The van der Waals surface area contributed by atoms with Crippen molar-refractivity contribution >= 4 is 17.0 Å². The maximum Gasteiger partial charge on any atom is -0.0184 e. The monoisotopic (exact) mass is 576 g/mol. The van der Waals surface area contributed by atoms with Gasteiger partial charge in [0.25, 0.3) is 0 Å². The first-order chi connectivity index (χ1) is 19.5. The van der Waals surface area contributed by atoms with Gasteiger partial charge in [-0.2, -0.15) is 0 Å². The maximum atomic E-state index is 4.34. The van der Waals surface area contributed by atoms with Crippen LogP contribution in [0.3, 0.4) is 0 Å². The summed E-state index contributed by atoms with van der Waals surface area (Å²) in [6.45, 7) is 8.24. The van der Waals surface area contributed by atoms with Gasteiger partial charge in [0, 0.05) is 0 Å². The van der Waals surface area contributed by atoms with Crippen LogP contribution in [0.5, 0.6) is 0 Å². The molecule has 0 aliphatic heterocycles. The third kappa shape index (κ3) is 6.58. The first-order valence-electron chi connectivity index (χ1n) is 14.8. The number of rotatable bonds is 7. The summed E-state index contributed by atoms with van der Waals surface area (Å²) in [6.07, 6.45) is 4.14. The fraction of sp³-hybridized carbons (Fsp3) is 0.243. The van der Waals surface area contributed by atoms with E-state index in [1.165, 1.54) is 30.4 Å². The predicted molar refractivity (Wildman–Crippen MR) is 172 cm³/mol. The normalized spacial score (nSPS) is 17.0. The van der Waals surface area contributed by atoms with Crippen LogP contribution < -0.4 is 14.2 Å². The molecule has 0 aromatic heterocycles. The minimum Gasteiger partial charge on any atom is -0.0622 e.